The molecular weight excluding hydrogens is 270 g/mol. The lowest BCUT2D eigenvalue weighted by molar-refractivity contribution is -0.00000437. The van der Waals surface area contributed by atoms with Gasteiger partial charge in [0.05, 0.1) is 0 Å². The smallest absolute Gasteiger partial charge is 0.124 e. The number of ether oxygens (including phenoxy) is 1. The highest BCUT2D eigenvalue weighted by atomic mass is 35.5. The van der Waals surface area contributed by atoms with Gasteiger partial charge in [0.15, 0.2) is 0 Å². The van der Waals surface area contributed by atoms with Crippen LogP contribution < -0.4 is 22.5 Å². The van der Waals surface area contributed by atoms with E-state index in [-0.39, 0.29) is 12.4 Å². The van der Waals surface area contributed by atoms with E-state index in [0.717, 1.165) is 18.8 Å². The minimum absolute atomic E-state index is 0. The summed E-state index contributed by atoms with van der Waals surface area (Å²) in [6.07, 6.45) is 0. The quantitative estimate of drug-likeness (QED) is 0.845. The molecule has 0 fully saturated rings. The van der Waals surface area contributed by atoms with E-state index < -0.39 is 0 Å². The summed E-state index contributed by atoms with van der Waals surface area (Å²) >= 11 is 0. The fraction of sp³-hybridized carbons (Fsp3) is 0.294. The number of aryl methyl sites for hydroxylation is 1. The van der Waals surface area contributed by atoms with Crippen LogP contribution in [0.5, 0.6) is 5.75 Å². The minimum atomic E-state index is 0. The number of halogens is 1. The first-order chi connectivity index (χ1) is 9.29. The third-order valence-electron chi connectivity index (χ3n) is 3.05. The van der Waals surface area contributed by atoms with Gasteiger partial charge < -0.3 is 22.5 Å². The van der Waals surface area contributed by atoms with Gasteiger partial charge in [0.2, 0.25) is 0 Å². The molecule has 0 aliphatic rings. The van der Waals surface area contributed by atoms with Gasteiger partial charge in [0, 0.05) is 12.1 Å². The molecule has 2 aromatic rings. The molecule has 0 atom stereocenters. The highest BCUT2D eigenvalue weighted by molar-refractivity contribution is 5.33. The maximum Gasteiger partial charge on any atom is 0.124 e. The third kappa shape index (κ3) is 4.87. The molecule has 0 aromatic heterocycles. The normalized spacial score (nSPS) is 9.90. The molecule has 0 bridgehead atoms. The van der Waals surface area contributed by atoms with Gasteiger partial charge in [-0.15, -0.1) is 0 Å². The Balaban J connectivity index is 0.00000200. The lowest BCUT2D eigenvalue weighted by Crippen LogP contribution is -3.00. The topological polar surface area (TPSA) is 21.3 Å². The number of benzene rings is 2. The first kappa shape index (κ1) is 16.5. The monoisotopic (exact) mass is 290 g/mol. The summed E-state index contributed by atoms with van der Waals surface area (Å²) in [6.45, 7) is 6.63. The average Bonchev–Trinajstić information content (AvgIpc) is 2.45. The Bertz CT molecular complexity index is 511. The van der Waals surface area contributed by atoms with E-state index in [4.69, 9.17) is 4.74 Å². The van der Waals surface area contributed by atoms with Gasteiger partial charge in [-0.3, -0.25) is 0 Å². The van der Waals surface area contributed by atoms with Gasteiger partial charge in [-0.05, 0) is 25.1 Å². The second kappa shape index (κ2) is 8.62. The fourth-order valence-corrected chi connectivity index (χ4v) is 1.90. The molecule has 0 unspecified atom stereocenters. The Labute approximate surface area is 127 Å². The first-order valence-electron chi connectivity index (χ1n) is 6.76. The zero-order chi connectivity index (χ0) is 13.5. The van der Waals surface area contributed by atoms with E-state index in [1.54, 1.807) is 0 Å². The number of nitrogens with one attached hydrogen (secondary N) is 1. The van der Waals surface area contributed by atoms with Crippen molar-refractivity contribution in [2.45, 2.75) is 27.0 Å². The molecule has 0 radical (unpaired) electrons. The van der Waals surface area contributed by atoms with Crippen molar-refractivity contribution in [2.75, 3.05) is 6.54 Å². The molecule has 0 saturated carbocycles. The number of hydrogen-bond donors (Lipinski definition) is 1. The van der Waals surface area contributed by atoms with Crippen molar-refractivity contribution in [2.24, 2.45) is 0 Å². The van der Waals surface area contributed by atoms with Crippen molar-refractivity contribution in [1.29, 1.82) is 0 Å². The molecule has 108 valence electrons. The molecule has 0 spiro atoms. The summed E-state index contributed by atoms with van der Waals surface area (Å²) in [7, 11) is 0. The Kier molecular flexibility index (Phi) is 7.13. The highest BCUT2D eigenvalue weighted by Crippen LogP contribution is 2.19. The second-order valence-electron chi connectivity index (χ2n) is 4.66. The summed E-state index contributed by atoms with van der Waals surface area (Å²) in [4.78, 5) is 0. The van der Waals surface area contributed by atoms with Crippen LogP contribution in [0.1, 0.15) is 23.6 Å². The minimum Gasteiger partial charge on any atom is -1.00 e. The fourth-order valence-electron chi connectivity index (χ4n) is 1.90. The maximum atomic E-state index is 5.92. The Morgan fingerprint density at radius 1 is 1.00 bits per heavy atom. The number of para-hydroxylation sites is 1. The van der Waals surface area contributed by atoms with Crippen LogP contribution in [0.25, 0.3) is 0 Å². The molecule has 1 N–H and O–H groups in total. The van der Waals surface area contributed by atoms with Gasteiger partial charge in [0.25, 0.3) is 0 Å². The first-order valence-corrected chi connectivity index (χ1v) is 6.76. The van der Waals surface area contributed by atoms with Crippen LogP contribution in [0, 0.1) is 6.92 Å². The molecule has 2 nitrogen and oxygen atoms in total. The van der Waals surface area contributed by atoms with Gasteiger partial charge >= 0.3 is 0 Å². The van der Waals surface area contributed by atoms with E-state index in [9.17, 15) is 0 Å². The molecular formula is C17H21ClNO-. The largest absolute Gasteiger partial charge is 1.00 e. The summed E-state index contributed by atoms with van der Waals surface area (Å²) in [5.74, 6) is 0.962. The van der Waals surface area contributed by atoms with E-state index in [1.807, 2.05) is 18.2 Å². The number of hydrogen-bond acceptors (Lipinski definition) is 2. The average molecular weight is 291 g/mol. The zero-order valence-corrected chi connectivity index (χ0v) is 12.8. The Morgan fingerprint density at radius 2 is 1.70 bits per heavy atom. The summed E-state index contributed by atoms with van der Waals surface area (Å²) in [6, 6.07) is 16.6. The van der Waals surface area contributed by atoms with Crippen LogP contribution in [0.4, 0.5) is 0 Å². The van der Waals surface area contributed by atoms with Crippen molar-refractivity contribution >= 4 is 0 Å². The molecule has 20 heavy (non-hydrogen) atoms. The third-order valence-corrected chi connectivity index (χ3v) is 3.05. The van der Waals surface area contributed by atoms with Gasteiger partial charge in [-0.2, -0.15) is 0 Å². The van der Waals surface area contributed by atoms with Crippen molar-refractivity contribution in [1.82, 2.24) is 5.32 Å². The van der Waals surface area contributed by atoms with E-state index in [0.29, 0.717) is 6.61 Å². The number of rotatable bonds is 6. The Hall–Kier alpha value is -1.51. The van der Waals surface area contributed by atoms with Crippen molar-refractivity contribution in [3.63, 3.8) is 0 Å². The van der Waals surface area contributed by atoms with Crippen LogP contribution in [-0.2, 0) is 13.2 Å². The van der Waals surface area contributed by atoms with Crippen LogP contribution in [-0.4, -0.2) is 6.54 Å². The van der Waals surface area contributed by atoms with Crippen molar-refractivity contribution in [3.8, 4) is 5.75 Å². The summed E-state index contributed by atoms with van der Waals surface area (Å²) in [5, 5.41) is 3.33. The molecule has 2 aromatic carbocycles. The molecule has 0 saturated heterocycles. The van der Waals surface area contributed by atoms with E-state index in [1.165, 1.54) is 16.7 Å². The standard InChI is InChI=1S/C17H21NO.ClH/c1-3-18-12-16-6-4-5-7-17(16)19-13-15-10-8-14(2)9-11-15;/h4-11,18H,3,12-13H2,1-2H3;1H/p-1. The molecule has 0 aliphatic heterocycles. The Morgan fingerprint density at radius 3 is 2.40 bits per heavy atom. The van der Waals surface area contributed by atoms with Crippen LogP contribution in [0.15, 0.2) is 48.5 Å². The van der Waals surface area contributed by atoms with Crippen molar-refractivity contribution < 1.29 is 17.1 Å². The molecule has 0 amide bonds. The molecule has 2 rings (SSSR count). The molecule has 0 aliphatic carbocycles. The van der Waals surface area contributed by atoms with Crippen molar-refractivity contribution in [3.05, 3.63) is 65.2 Å². The van der Waals surface area contributed by atoms with Crippen LogP contribution in [0.3, 0.4) is 0 Å². The molecule has 3 heteroatoms. The SMILES string of the molecule is CCNCc1ccccc1OCc1ccc(C)cc1.[Cl-]. The predicted octanol–water partition coefficient (Wildman–Crippen LogP) is 0.688. The lowest BCUT2D eigenvalue weighted by atomic mass is 10.1. The van der Waals surface area contributed by atoms with Gasteiger partial charge in [-0.1, -0.05) is 55.0 Å². The van der Waals surface area contributed by atoms with Gasteiger partial charge in [-0.25, -0.2) is 0 Å². The summed E-state index contributed by atoms with van der Waals surface area (Å²) < 4.78 is 5.92. The zero-order valence-electron chi connectivity index (χ0n) is 12.0. The van der Waals surface area contributed by atoms with Crippen LogP contribution >= 0.6 is 0 Å². The van der Waals surface area contributed by atoms with Crippen LogP contribution in [0.2, 0.25) is 0 Å². The molecule has 0 heterocycles. The maximum absolute atomic E-state index is 5.92. The second-order valence-corrected chi connectivity index (χ2v) is 4.66. The van der Waals surface area contributed by atoms with Gasteiger partial charge in [0.1, 0.15) is 12.4 Å². The summed E-state index contributed by atoms with van der Waals surface area (Å²) in [5.41, 5.74) is 3.68. The van der Waals surface area contributed by atoms with E-state index >= 15 is 0 Å². The highest BCUT2D eigenvalue weighted by Gasteiger charge is 2.02. The lowest BCUT2D eigenvalue weighted by Gasteiger charge is -2.12. The van der Waals surface area contributed by atoms with E-state index in [2.05, 4.69) is 49.5 Å². The predicted molar refractivity (Wildman–Crippen MR) is 79.3 cm³/mol.